The summed E-state index contributed by atoms with van der Waals surface area (Å²) in [4.78, 5) is 9.24. The van der Waals surface area contributed by atoms with Crippen LogP contribution < -0.4 is 5.73 Å². The third-order valence-electron chi connectivity index (χ3n) is 2.56. The van der Waals surface area contributed by atoms with Gasteiger partial charge in [-0.2, -0.15) is 11.8 Å². The molecule has 0 unspecified atom stereocenters. The summed E-state index contributed by atoms with van der Waals surface area (Å²) in [6.07, 6.45) is 4.90. The molecule has 0 spiro atoms. The van der Waals surface area contributed by atoms with Crippen LogP contribution in [0.1, 0.15) is 36.6 Å². The van der Waals surface area contributed by atoms with Gasteiger partial charge in [-0.1, -0.05) is 13.8 Å². The Morgan fingerprint density at radius 1 is 1.12 bits per heavy atom. The first-order chi connectivity index (χ1) is 7.76. The summed E-state index contributed by atoms with van der Waals surface area (Å²) < 4.78 is 0. The second kappa shape index (κ2) is 6.86. The predicted molar refractivity (Wildman–Crippen MR) is 70.8 cm³/mol. The van der Waals surface area contributed by atoms with Crippen molar-refractivity contribution in [2.45, 2.75) is 38.9 Å². The van der Waals surface area contributed by atoms with Gasteiger partial charge in [0.05, 0.1) is 5.75 Å². The molecule has 0 aliphatic carbocycles. The van der Waals surface area contributed by atoms with Crippen LogP contribution in [0, 0.1) is 0 Å². The number of aromatic nitrogens is 2. The molecule has 0 saturated carbocycles. The SMILES string of the molecule is CCc1nc(CSC)nc(CC)c1CCN. The fourth-order valence-corrected chi connectivity index (χ4v) is 2.24. The average molecular weight is 239 g/mol. The van der Waals surface area contributed by atoms with E-state index in [4.69, 9.17) is 5.73 Å². The number of aryl methyl sites for hydroxylation is 2. The Morgan fingerprint density at radius 3 is 2.06 bits per heavy atom. The van der Waals surface area contributed by atoms with E-state index in [1.165, 1.54) is 17.0 Å². The number of hydrogen-bond acceptors (Lipinski definition) is 4. The zero-order chi connectivity index (χ0) is 12.0. The predicted octanol–water partition coefficient (Wildman–Crippen LogP) is 1.97. The van der Waals surface area contributed by atoms with Gasteiger partial charge in [-0.25, -0.2) is 9.97 Å². The highest BCUT2D eigenvalue weighted by Crippen LogP contribution is 2.16. The molecular formula is C12H21N3S. The number of rotatable bonds is 6. The van der Waals surface area contributed by atoms with E-state index in [9.17, 15) is 0 Å². The second-order valence-electron chi connectivity index (χ2n) is 3.69. The first-order valence-electron chi connectivity index (χ1n) is 5.83. The van der Waals surface area contributed by atoms with Crippen LogP contribution in [0.4, 0.5) is 0 Å². The van der Waals surface area contributed by atoms with E-state index in [-0.39, 0.29) is 0 Å². The Bertz CT molecular complexity index is 314. The molecule has 3 nitrogen and oxygen atoms in total. The van der Waals surface area contributed by atoms with Crippen LogP contribution in [0.25, 0.3) is 0 Å². The highest BCUT2D eigenvalue weighted by Gasteiger charge is 2.11. The zero-order valence-electron chi connectivity index (χ0n) is 10.4. The van der Waals surface area contributed by atoms with Crippen molar-refractivity contribution in [1.29, 1.82) is 0 Å². The van der Waals surface area contributed by atoms with E-state index in [0.717, 1.165) is 30.8 Å². The zero-order valence-corrected chi connectivity index (χ0v) is 11.2. The molecule has 2 N–H and O–H groups in total. The molecule has 90 valence electrons. The third-order valence-corrected chi connectivity index (χ3v) is 3.11. The molecule has 0 aromatic carbocycles. The van der Waals surface area contributed by atoms with Gasteiger partial charge in [0.1, 0.15) is 5.82 Å². The van der Waals surface area contributed by atoms with Gasteiger partial charge in [0.2, 0.25) is 0 Å². The maximum Gasteiger partial charge on any atom is 0.138 e. The molecule has 4 heteroatoms. The van der Waals surface area contributed by atoms with E-state index in [2.05, 4.69) is 30.1 Å². The fraction of sp³-hybridized carbons (Fsp3) is 0.667. The van der Waals surface area contributed by atoms with Crippen LogP contribution in [0.5, 0.6) is 0 Å². The molecule has 1 rings (SSSR count). The highest BCUT2D eigenvalue weighted by molar-refractivity contribution is 7.97. The lowest BCUT2D eigenvalue weighted by molar-refractivity contribution is 0.815. The lowest BCUT2D eigenvalue weighted by Gasteiger charge is -2.12. The minimum atomic E-state index is 0.672. The van der Waals surface area contributed by atoms with Gasteiger partial charge in [0.25, 0.3) is 0 Å². The normalized spacial score (nSPS) is 10.8. The van der Waals surface area contributed by atoms with E-state index >= 15 is 0 Å². The number of nitrogens with two attached hydrogens (primary N) is 1. The Balaban J connectivity index is 3.14. The monoisotopic (exact) mass is 239 g/mol. The summed E-state index contributed by atoms with van der Waals surface area (Å²) in [5.41, 5.74) is 9.28. The molecule has 0 fully saturated rings. The van der Waals surface area contributed by atoms with Crippen LogP contribution in [0.2, 0.25) is 0 Å². The van der Waals surface area contributed by atoms with Gasteiger partial charge >= 0.3 is 0 Å². The molecule has 1 aromatic heterocycles. The molecule has 1 heterocycles. The van der Waals surface area contributed by atoms with Gasteiger partial charge in [0.15, 0.2) is 0 Å². The van der Waals surface area contributed by atoms with Gasteiger partial charge in [-0.05, 0) is 37.6 Å². The summed E-state index contributed by atoms with van der Waals surface area (Å²) in [5.74, 6) is 1.85. The maximum atomic E-state index is 5.64. The summed E-state index contributed by atoms with van der Waals surface area (Å²) in [7, 11) is 0. The third kappa shape index (κ3) is 3.19. The van der Waals surface area contributed by atoms with E-state index in [1.54, 1.807) is 11.8 Å². The molecule has 0 saturated heterocycles. The van der Waals surface area contributed by atoms with Crippen molar-refractivity contribution >= 4 is 11.8 Å². The largest absolute Gasteiger partial charge is 0.330 e. The van der Waals surface area contributed by atoms with Gasteiger partial charge in [0, 0.05) is 11.4 Å². The second-order valence-corrected chi connectivity index (χ2v) is 4.56. The molecule has 0 atom stereocenters. The minimum Gasteiger partial charge on any atom is -0.330 e. The Kier molecular flexibility index (Phi) is 5.77. The van der Waals surface area contributed by atoms with E-state index in [0.29, 0.717) is 6.54 Å². The van der Waals surface area contributed by atoms with Gasteiger partial charge < -0.3 is 5.73 Å². The summed E-state index contributed by atoms with van der Waals surface area (Å²) in [6, 6.07) is 0. The fourth-order valence-electron chi connectivity index (χ4n) is 1.85. The molecular weight excluding hydrogens is 218 g/mol. The van der Waals surface area contributed by atoms with Crippen LogP contribution in [0.15, 0.2) is 0 Å². The summed E-state index contributed by atoms with van der Waals surface area (Å²) in [5, 5.41) is 0. The summed E-state index contributed by atoms with van der Waals surface area (Å²) >= 11 is 1.76. The average Bonchev–Trinajstić information content (AvgIpc) is 2.31. The van der Waals surface area contributed by atoms with Crippen molar-refractivity contribution in [3.8, 4) is 0 Å². The molecule has 0 amide bonds. The van der Waals surface area contributed by atoms with Gasteiger partial charge in [-0.15, -0.1) is 0 Å². The number of nitrogens with zero attached hydrogens (tertiary/aromatic N) is 2. The highest BCUT2D eigenvalue weighted by atomic mass is 32.2. The molecule has 0 radical (unpaired) electrons. The van der Waals surface area contributed by atoms with Crippen molar-refractivity contribution in [2.24, 2.45) is 5.73 Å². The van der Waals surface area contributed by atoms with Crippen LogP contribution >= 0.6 is 11.8 Å². The molecule has 0 aliphatic heterocycles. The van der Waals surface area contributed by atoms with Crippen LogP contribution in [-0.4, -0.2) is 22.8 Å². The smallest absolute Gasteiger partial charge is 0.138 e. The first kappa shape index (κ1) is 13.5. The van der Waals surface area contributed by atoms with Crippen molar-refractivity contribution in [3.63, 3.8) is 0 Å². The van der Waals surface area contributed by atoms with E-state index < -0.39 is 0 Å². The Hall–Kier alpha value is -0.610. The van der Waals surface area contributed by atoms with Crippen LogP contribution in [0.3, 0.4) is 0 Å². The lowest BCUT2D eigenvalue weighted by Crippen LogP contribution is -2.13. The topological polar surface area (TPSA) is 51.8 Å². The molecule has 0 bridgehead atoms. The van der Waals surface area contributed by atoms with Crippen LogP contribution in [-0.2, 0) is 25.0 Å². The quantitative estimate of drug-likeness (QED) is 0.824. The standard InChI is InChI=1S/C12H21N3S/c1-4-10-9(6-7-13)11(5-2)15-12(14-10)8-16-3/h4-8,13H2,1-3H3. The summed E-state index contributed by atoms with van der Waals surface area (Å²) in [6.45, 7) is 4.96. The molecule has 1 aromatic rings. The minimum absolute atomic E-state index is 0.672. The number of hydrogen-bond donors (Lipinski definition) is 1. The van der Waals surface area contributed by atoms with Crippen molar-refractivity contribution in [1.82, 2.24) is 9.97 Å². The maximum absolute atomic E-state index is 5.64. The first-order valence-corrected chi connectivity index (χ1v) is 7.22. The van der Waals surface area contributed by atoms with Crippen molar-refractivity contribution < 1.29 is 0 Å². The number of thioether (sulfide) groups is 1. The Morgan fingerprint density at radius 2 is 1.69 bits per heavy atom. The van der Waals surface area contributed by atoms with Gasteiger partial charge in [-0.3, -0.25) is 0 Å². The molecule has 16 heavy (non-hydrogen) atoms. The van der Waals surface area contributed by atoms with E-state index in [1.807, 2.05) is 0 Å². The molecule has 0 aliphatic rings. The van der Waals surface area contributed by atoms with Crippen molar-refractivity contribution in [3.05, 3.63) is 22.8 Å². The van der Waals surface area contributed by atoms with Crippen molar-refractivity contribution in [2.75, 3.05) is 12.8 Å². The Labute approximate surface area is 102 Å². The lowest BCUT2D eigenvalue weighted by atomic mass is 10.0.